The van der Waals surface area contributed by atoms with Gasteiger partial charge in [0, 0.05) is 57.3 Å². The molecule has 0 fully saturated rings. The fourth-order valence-corrected chi connectivity index (χ4v) is 12.2. The standard InChI is InChI=1S/C53H63O12P3/c1-50(51(66,32-14-38(54-2)26-39(15-32)55-3)33-16-40(56-4)27-41(17-33)57-5,52(67,34-18-42(58-6)28-43(19-34)59-7)35-20-44(60-8)29-45(21-35)61-9)53(68,36-22-46(62-10)30-47(23-36)63-11)37-24-48(64-12)31-49(25-37)65-13/h14-31H,66-68H2,1-13H3. The van der Waals surface area contributed by atoms with Gasteiger partial charge in [-0.15, -0.1) is 27.7 Å². The first-order chi connectivity index (χ1) is 32.6. The van der Waals surface area contributed by atoms with Gasteiger partial charge in [-0.1, -0.05) is 6.92 Å². The molecule has 0 bridgehead atoms. The second kappa shape index (κ2) is 21.2. The van der Waals surface area contributed by atoms with Crippen LogP contribution in [0.4, 0.5) is 0 Å². The Balaban J connectivity index is 2.11. The molecule has 6 aromatic rings. The van der Waals surface area contributed by atoms with Crippen molar-refractivity contribution in [2.45, 2.75) is 22.4 Å². The predicted octanol–water partition coefficient (Wildman–Crippen LogP) is 10.6. The number of rotatable bonds is 21. The maximum Gasteiger partial charge on any atom is 0.122 e. The van der Waals surface area contributed by atoms with Crippen molar-refractivity contribution in [3.63, 3.8) is 0 Å². The molecule has 3 unspecified atom stereocenters. The van der Waals surface area contributed by atoms with E-state index < -0.39 is 20.9 Å². The van der Waals surface area contributed by atoms with Gasteiger partial charge in [0.15, 0.2) is 0 Å². The summed E-state index contributed by atoms with van der Waals surface area (Å²) in [4.78, 5) is 0. The number of hydrogen-bond acceptors (Lipinski definition) is 12. The molecule has 0 aliphatic carbocycles. The first-order valence-corrected chi connectivity index (χ1v) is 23.1. The van der Waals surface area contributed by atoms with Gasteiger partial charge in [-0.3, -0.25) is 0 Å². The van der Waals surface area contributed by atoms with Gasteiger partial charge >= 0.3 is 0 Å². The van der Waals surface area contributed by atoms with Crippen molar-refractivity contribution in [3.8, 4) is 69.0 Å². The van der Waals surface area contributed by atoms with E-state index in [2.05, 4.69) is 34.6 Å². The predicted molar refractivity (Wildman–Crippen MR) is 277 cm³/mol. The van der Waals surface area contributed by atoms with Crippen LogP contribution >= 0.6 is 27.7 Å². The number of ether oxygens (including phenoxy) is 12. The second-order valence-corrected chi connectivity index (χ2v) is 18.8. The molecule has 0 aromatic heterocycles. The molecule has 0 saturated heterocycles. The zero-order valence-electron chi connectivity index (χ0n) is 41.0. The largest absolute Gasteiger partial charge is 0.497 e. The lowest BCUT2D eigenvalue weighted by Gasteiger charge is -2.65. The van der Waals surface area contributed by atoms with Gasteiger partial charge in [-0.05, 0) is 106 Å². The van der Waals surface area contributed by atoms with Crippen molar-refractivity contribution in [2.24, 2.45) is 5.41 Å². The molecule has 0 aliphatic rings. The van der Waals surface area contributed by atoms with Crippen LogP contribution in [0.1, 0.15) is 40.3 Å². The minimum atomic E-state index is -1.40. The molecule has 0 radical (unpaired) electrons. The molecule has 12 nitrogen and oxygen atoms in total. The van der Waals surface area contributed by atoms with Gasteiger partial charge in [0.2, 0.25) is 0 Å². The van der Waals surface area contributed by atoms with Crippen LogP contribution < -0.4 is 56.8 Å². The molecule has 6 aromatic carbocycles. The molecule has 0 aliphatic heterocycles. The highest BCUT2D eigenvalue weighted by Gasteiger charge is 2.69. The van der Waals surface area contributed by atoms with E-state index >= 15 is 0 Å². The van der Waals surface area contributed by atoms with Crippen molar-refractivity contribution >= 4 is 27.7 Å². The van der Waals surface area contributed by atoms with Gasteiger partial charge in [-0.2, -0.15) is 0 Å². The van der Waals surface area contributed by atoms with E-state index in [1.54, 1.807) is 85.3 Å². The monoisotopic (exact) mass is 984 g/mol. The Bertz CT molecular complexity index is 2130. The van der Waals surface area contributed by atoms with Crippen LogP contribution in [0, 0.1) is 5.41 Å². The van der Waals surface area contributed by atoms with E-state index in [1.807, 2.05) is 109 Å². The Morgan fingerprint density at radius 2 is 0.324 bits per heavy atom. The van der Waals surface area contributed by atoms with Gasteiger partial charge in [0.25, 0.3) is 0 Å². The SMILES string of the molecule is COc1cc(OC)cc(C(P)(c2cc(OC)cc(OC)c2)C(C)(C(P)(c2cc(OC)cc(OC)c2)c2cc(OC)cc(OC)c2)C(P)(c2cc(OC)cc(OC)c2)c2cc(OC)cc(OC)c2)c1. The molecule has 0 spiro atoms. The third kappa shape index (κ3) is 8.99. The van der Waals surface area contributed by atoms with E-state index in [1.165, 1.54) is 0 Å². The average molecular weight is 985 g/mol. The Morgan fingerprint density at radius 3 is 0.412 bits per heavy atom. The summed E-state index contributed by atoms with van der Waals surface area (Å²) in [5, 5.41) is -4.04. The number of hydrogen-bond donors (Lipinski definition) is 0. The normalized spacial score (nSPS) is 11.8. The van der Waals surface area contributed by atoms with Gasteiger partial charge in [0.1, 0.15) is 69.0 Å². The molecule has 15 heteroatoms. The summed E-state index contributed by atoms with van der Waals surface area (Å²) in [5.74, 6) is 6.55. The van der Waals surface area contributed by atoms with E-state index in [4.69, 9.17) is 56.8 Å². The molecule has 0 amide bonds. The molecule has 68 heavy (non-hydrogen) atoms. The highest BCUT2D eigenvalue weighted by atomic mass is 31.0. The molecular weight excluding hydrogens is 921 g/mol. The van der Waals surface area contributed by atoms with Crippen LogP contribution in [0.15, 0.2) is 109 Å². The summed E-state index contributed by atoms with van der Waals surface area (Å²) in [5.41, 5.74) is 3.13. The summed E-state index contributed by atoms with van der Waals surface area (Å²) in [7, 11) is 29.6. The molecule has 0 N–H and O–H groups in total. The van der Waals surface area contributed by atoms with E-state index in [-0.39, 0.29) is 0 Å². The molecule has 362 valence electrons. The minimum absolute atomic E-state index is 0.546. The third-order valence-electron chi connectivity index (χ3n) is 13.2. The highest BCUT2D eigenvalue weighted by Crippen LogP contribution is 2.76. The maximum absolute atomic E-state index is 6.10. The Morgan fingerprint density at radius 1 is 0.221 bits per heavy atom. The molecule has 0 saturated carbocycles. The zero-order valence-corrected chi connectivity index (χ0v) is 44.5. The average Bonchev–Trinajstić information content (AvgIpc) is 3.40. The quantitative estimate of drug-likeness (QED) is 0.0640. The molecule has 6 rings (SSSR count). The summed E-state index contributed by atoms with van der Waals surface area (Å²) >= 11 is 0. The van der Waals surface area contributed by atoms with Crippen LogP contribution in [0.25, 0.3) is 0 Å². The summed E-state index contributed by atoms with van der Waals surface area (Å²) in [6, 6.07) is 35.3. The maximum atomic E-state index is 6.10. The van der Waals surface area contributed by atoms with E-state index in [0.717, 1.165) is 33.4 Å². The fourth-order valence-electron chi connectivity index (χ4n) is 9.38. The van der Waals surface area contributed by atoms with Crippen molar-refractivity contribution in [1.29, 1.82) is 0 Å². The van der Waals surface area contributed by atoms with Crippen LogP contribution in [-0.4, -0.2) is 85.3 Å². The van der Waals surface area contributed by atoms with Gasteiger partial charge < -0.3 is 56.8 Å². The molecular formula is C53H63O12P3. The topological polar surface area (TPSA) is 111 Å². The van der Waals surface area contributed by atoms with Gasteiger partial charge in [-0.25, -0.2) is 0 Å². The second-order valence-electron chi connectivity index (χ2n) is 16.2. The van der Waals surface area contributed by atoms with Crippen molar-refractivity contribution in [2.75, 3.05) is 85.3 Å². The smallest absolute Gasteiger partial charge is 0.122 e. The van der Waals surface area contributed by atoms with Crippen molar-refractivity contribution < 1.29 is 56.8 Å². The van der Waals surface area contributed by atoms with Crippen molar-refractivity contribution in [1.82, 2.24) is 0 Å². The lowest BCUT2D eigenvalue weighted by atomic mass is 9.50. The van der Waals surface area contributed by atoms with Gasteiger partial charge in [0.05, 0.1) is 85.3 Å². The van der Waals surface area contributed by atoms with Crippen LogP contribution in [0.3, 0.4) is 0 Å². The summed E-state index contributed by atoms with van der Waals surface area (Å²) in [6.45, 7) is 2.24. The number of methoxy groups -OCH3 is 12. The fraction of sp³-hybridized carbons (Fsp3) is 0.321. The lowest BCUT2D eigenvalue weighted by Crippen LogP contribution is -2.62. The van der Waals surface area contributed by atoms with Crippen molar-refractivity contribution in [3.05, 3.63) is 143 Å². The lowest BCUT2D eigenvalue weighted by molar-refractivity contribution is 0.139. The van der Waals surface area contributed by atoms with Crippen LogP contribution in [0.5, 0.6) is 69.0 Å². The Hall–Kier alpha value is -5.79. The Labute approximate surface area is 407 Å². The van der Waals surface area contributed by atoms with E-state index in [0.29, 0.717) is 69.0 Å². The highest BCUT2D eigenvalue weighted by molar-refractivity contribution is 7.22. The first kappa shape index (κ1) is 51.6. The molecule has 0 heterocycles. The summed E-state index contributed by atoms with van der Waals surface area (Å²) in [6.07, 6.45) is 0. The Kier molecular flexibility index (Phi) is 16.1. The van der Waals surface area contributed by atoms with Crippen LogP contribution in [0.2, 0.25) is 0 Å². The molecule has 3 atom stereocenters. The zero-order chi connectivity index (χ0) is 49.6. The summed E-state index contributed by atoms with van der Waals surface area (Å²) < 4.78 is 73.2. The third-order valence-corrected chi connectivity index (χ3v) is 16.9. The first-order valence-electron chi connectivity index (χ1n) is 21.4. The number of benzene rings is 6. The van der Waals surface area contributed by atoms with E-state index in [9.17, 15) is 0 Å². The van der Waals surface area contributed by atoms with Crippen LogP contribution in [-0.2, 0) is 15.5 Å². The minimum Gasteiger partial charge on any atom is -0.497 e.